The van der Waals surface area contributed by atoms with Gasteiger partial charge >= 0.3 is 0 Å². The summed E-state index contributed by atoms with van der Waals surface area (Å²) in [6.45, 7) is 2.15. The molecule has 5 heteroatoms. The summed E-state index contributed by atoms with van der Waals surface area (Å²) in [7, 11) is 0. The Morgan fingerprint density at radius 2 is 1.96 bits per heavy atom. The highest BCUT2D eigenvalue weighted by Crippen LogP contribution is 2.40. The van der Waals surface area contributed by atoms with Gasteiger partial charge in [0.15, 0.2) is 5.82 Å². The van der Waals surface area contributed by atoms with Gasteiger partial charge in [0.25, 0.3) is 5.91 Å². The van der Waals surface area contributed by atoms with Crippen molar-refractivity contribution in [1.29, 1.82) is 0 Å². The summed E-state index contributed by atoms with van der Waals surface area (Å²) in [5.74, 6) is 0.828. The van der Waals surface area contributed by atoms with Crippen LogP contribution in [0.4, 0.5) is 0 Å². The zero-order valence-corrected chi connectivity index (χ0v) is 14.4. The standard InChI is InChI=1S/C20H23N3O2/c1-13-3-7-16(19-21-9-2-10-22-19)17(11-13)20(25)23-15-5-4-14(12-24)18(23)8-6-15/h2-3,7,9-11,14-15,18,24H,4-6,8,12H2,1H3/t14-,15?,18?/m1/s1. The lowest BCUT2D eigenvalue weighted by Gasteiger charge is -2.39. The van der Waals surface area contributed by atoms with Gasteiger partial charge in [-0.25, -0.2) is 9.97 Å². The number of piperidine rings is 1. The first kappa shape index (κ1) is 16.2. The Bertz CT molecular complexity index is 778. The summed E-state index contributed by atoms with van der Waals surface area (Å²) < 4.78 is 0. The zero-order valence-electron chi connectivity index (χ0n) is 14.4. The van der Waals surface area contributed by atoms with Gasteiger partial charge in [-0.1, -0.05) is 17.7 Å². The van der Waals surface area contributed by atoms with Crippen LogP contribution in [-0.4, -0.2) is 44.6 Å². The van der Waals surface area contributed by atoms with Gasteiger partial charge in [0, 0.05) is 42.6 Å². The Morgan fingerprint density at radius 1 is 1.20 bits per heavy atom. The summed E-state index contributed by atoms with van der Waals surface area (Å²) in [4.78, 5) is 24.2. The number of hydrogen-bond donors (Lipinski definition) is 1. The lowest BCUT2D eigenvalue weighted by atomic mass is 9.89. The third-order valence-corrected chi connectivity index (χ3v) is 5.64. The van der Waals surface area contributed by atoms with Gasteiger partial charge in [0.05, 0.1) is 5.56 Å². The molecule has 2 aliphatic rings. The third-order valence-electron chi connectivity index (χ3n) is 5.64. The molecule has 5 nitrogen and oxygen atoms in total. The molecule has 1 aromatic carbocycles. The molecular formula is C20H23N3O2. The second-order valence-electron chi connectivity index (χ2n) is 7.15. The molecule has 2 unspecified atom stereocenters. The van der Waals surface area contributed by atoms with Gasteiger partial charge in [0.2, 0.25) is 0 Å². The molecule has 2 saturated heterocycles. The van der Waals surface area contributed by atoms with E-state index in [0.717, 1.165) is 36.8 Å². The van der Waals surface area contributed by atoms with E-state index in [1.807, 2.05) is 30.0 Å². The summed E-state index contributed by atoms with van der Waals surface area (Å²) in [5.41, 5.74) is 2.49. The van der Waals surface area contributed by atoms with E-state index in [9.17, 15) is 9.90 Å². The minimum Gasteiger partial charge on any atom is -0.396 e. The number of rotatable bonds is 3. The zero-order chi connectivity index (χ0) is 17.4. The van der Waals surface area contributed by atoms with Crippen molar-refractivity contribution in [2.75, 3.05) is 6.61 Å². The molecule has 3 heterocycles. The van der Waals surface area contributed by atoms with Crippen molar-refractivity contribution in [1.82, 2.24) is 14.9 Å². The van der Waals surface area contributed by atoms with Crippen LogP contribution in [0, 0.1) is 12.8 Å². The van der Waals surface area contributed by atoms with Gasteiger partial charge in [-0.2, -0.15) is 0 Å². The molecule has 2 aromatic rings. The number of nitrogens with zero attached hydrogens (tertiary/aromatic N) is 3. The lowest BCUT2D eigenvalue weighted by molar-refractivity contribution is 0.0384. The molecule has 4 rings (SSSR count). The van der Waals surface area contributed by atoms with Crippen LogP contribution in [0.5, 0.6) is 0 Å². The normalized spacial score (nSPS) is 25.2. The van der Waals surface area contributed by atoms with Crippen LogP contribution in [0.15, 0.2) is 36.7 Å². The molecule has 3 atom stereocenters. The first-order valence-electron chi connectivity index (χ1n) is 9.00. The highest BCUT2D eigenvalue weighted by Gasteiger charge is 2.45. The van der Waals surface area contributed by atoms with Crippen LogP contribution in [0.3, 0.4) is 0 Å². The van der Waals surface area contributed by atoms with Crippen molar-refractivity contribution in [3.8, 4) is 11.4 Å². The fraction of sp³-hybridized carbons (Fsp3) is 0.450. The number of aryl methyl sites for hydroxylation is 1. The fourth-order valence-corrected chi connectivity index (χ4v) is 4.39. The molecule has 2 bridgehead atoms. The van der Waals surface area contributed by atoms with E-state index in [4.69, 9.17) is 0 Å². The Balaban J connectivity index is 1.74. The van der Waals surface area contributed by atoms with Crippen LogP contribution in [0.2, 0.25) is 0 Å². The first-order chi connectivity index (χ1) is 12.2. The van der Waals surface area contributed by atoms with Crippen molar-refractivity contribution in [2.45, 2.75) is 44.7 Å². The van der Waals surface area contributed by atoms with Gasteiger partial charge in [-0.15, -0.1) is 0 Å². The number of amides is 1. The maximum Gasteiger partial charge on any atom is 0.255 e. The number of fused-ring (bicyclic) bond motifs is 2. The van der Waals surface area contributed by atoms with Crippen molar-refractivity contribution >= 4 is 5.91 Å². The Labute approximate surface area is 147 Å². The Kier molecular flexibility index (Phi) is 4.25. The number of benzene rings is 1. The highest BCUT2D eigenvalue weighted by molar-refractivity contribution is 6.01. The van der Waals surface area contributed by atoms with E-state index >= 15 is 0 Å². The van der Waals surface area contributed by atoms with Crippen LogP contribution in [0.25, 0.3) is 11.4 Å². The number of aliphatic hydroxyl groups excluding tert-OH is 1. The van der Waals surface area contributed by atoms with Crippen LogP contribution < -0.4 is 0 Å². The molecule has 0 radical (unpaired) electrons. The molecule has 1 amide bonds. The molecular weight excluding hydrogens is 314 g/mol. The van der Waals surface area contributed by atoms with Gasteiger partial charge in [-0.05, 0) is 44.7 Å². The van der Waals surface area contributed by atoms with Gasteiger partial charge in [0.1, 0.15) is 0 Å². The predicted octanol–water partition coefficient (Wildman–Crippen LogP) is 2.83. The second-order valence-corrected chi connectivity index (χ2v) is 7.15. The van der Waals surface area contributed by atoms with Crippen molar-refractivity contribution in [3.63, 3.8) is 0 Å². The molecule has 0 saturated carbocycles. The average molecular weight is 337 g/mol. The Hall–Kier alpha value is -2.27. The fourth-order valence-electron chi connectivity index (χ4n) is 4.39. The molecule has 130 valence electrons. The minimum atomic E-state index is 0.0526. The molecule has 1 N–H and O–H groups in total. The number of hydrogen-bond acceptors (Lipinski definition) is 4. The van der Waals surface area contributed by atoms with E-state index in [1.165, 1.54) is 0 Å². The first-order valence-corrected chi connectivity index (χ1v) is 9.00. The average Bonchev–Trinajstić information content (AvgIpc) is 2.95. The minimum absolute atomic E-state index is 0.0526. The molecule has 0 aliphatic carbocycles. The monoisotopic (exact) mass is 337 g/mol. The third kappa shape index (κ3) is 2.82. The second kappa shape index (κ2) is 6.56. The van der Waals surface area contributed by atoms with Crippen LogP contribution in [-0.2, 0) is 0 Å². The smallest absolute Gasteiger partial charge is 0.255 e. The molecule has 1 aromatic heterocycles. The maximum absolute atomic E-state index is 13.5. The number of carbonyl (C=O) groups excluding carboxylic acids is 1. The maximum atomic E-state index is 13.5. The van der Waals surface area contributed by atoms with E-state index in [1.54, 1.807) is 18.5 Å². The van der Waals surface area contributed by atoms with E-state index in [-0.39, 0.29) is 24.5 Å². The summed E-state index contributed by atoms with van der Waals surface area (Å²) >= 11 is 0. The summed E-state index contributed by atoms with van der Waals surface area (Å²) in [6.07, 6.45) is 7.42. The number of aromatic nitrogens is 2. The summed E-state index contributed by atoms with van der Waals surface area (Å²) in [6, 6.07) is 8.09. The SMILES string of the molecule is Cc1ccc(-c2ncccn2)c(C(=O)N2C3CCC2[C@@H](CO)CC3)c1. The van der Waals surface area contributed by atoms with E-state index in [0.29, 0.717) is 17.4 Å². The number of aliphatic hydroxyl groups is 1. The largest absolute Gasteiger partial charge is 0.396 e. The van der Waals surface area contributed by atoms with Gasteiger partial charge in [-0.3, -0.25) is 4.79 Å². The van der Waals surface area contributed by atoms with Crippen molar-refractivity contribution in [2.24, 2.45) is 5.92 Å². The van der Waals surface area contributed by atoms with Crippen molar-refractivity contribution < 1.29 is 9.90 Å². The van der Waals surface area contributed by atoms with Crippen LogP contribution in [0.1, 0.15) is 41.6 Å². The topological polar surface area (TPSA) is 66.3 Å². The Morgan fingerprint density at radius 3 is 2.72 bits per heavy atom. The van der Waals surface area contributed by atoms with Gasteiger partial charge < -0.3 is 10.0 Å². The molecule has 2 fully saturated rings. The van der Waals surface area contributed by atoms with Crippen molar-refractivity contribution in [3.05, 3.63) is 47.8 Å². The van der Waals surface area contributed by atoms with Crippen LogP contribution >= 0.6 is 0 Å². The van der Waals surface area contributed by atoms with E-state index in [2.05, 4.69) is 9.97 Å². The van der Waals surface area contributed by atoms with E-state index < -0.39 is 0 Å². The molecule has 2 aliphatic heterocycles. The number of carbonyl (C=O) groups is 1. The highest BCUT2D eigenvalue weighted by atomic mass is 16.3. The summed E-state index contributed by atoms with van der Waals surface area (Å²) in [5, 5.41) is 9.70. The molecule has 0 spiro atoms. The molecule has 25 heavy (non-hydrogen) atoms. The lowest BCUT2D eigenvalue weighted by Crippen LogP contribution is -2.49. The quantitative estimate of drug-likeness (QED) is 0.935. The predicted molar refractivity (Wildman–Crippen MR) is 95.0 cm³/mol.